The van der Waals surface area contributed by atoms with E-state index in [2.05, 4.69) is 15.0 Å². The van der Waals surface area contributed by atoms with Crippen LogP contribution in [-0.4, -0.2) is 44.9 Å². The molecule has 0 bridgehead atoms. The Hall–Kier alpha value is -0.700. The van der Waals surface area contributed by atoms with E-state index in [1.54, 1.807) is 7.05 Å². The maximum absolute atomic E-state index is 12.1. The Morgan fingerprint density at radius 2 is 2.05 bits per heavy atom. The first-order valence-electron chi connectivity index (χ1n) is 6.51. The summed E-state index contributed by atoms with van der Waals surface area (Å²) in [4.78, 5) is 4.33. The van der Waals surface area contributed by atoms with Crippen molar-refractivity contribution in [2.45, 2.75) is 32.6 Å². The van der Waals surface area contributed by atoms with Crippen molar-refractivity contribution >= 4 is 26.7 Å². The molecular formula is C12H24N4O2S2. The Labute approximate surface area is 125 Å². The summed E-state index contributed by atoms with van der Waals surface area (Å²) in [7, 11) is -0.113. The second kappa shape index (κ2) is 6.84. The van der Waals surface area contributed by atoms with Crippen molar-refractivity contribution in [3.8, 4) is 0 Å². The van der Waals surface area contributed by atoms with Gasteiger partial charge in [-0.05, 0) is 20.0 Å². The lowest BCUT2D eigenvalue weighted by molar-refractivity contribution is 0.462. The van der Waals surface area contributed by atoms with Crippen molar-refractivity contribution in [3.63, 3.8) is 0 Å². The van der Waals surface area contributed by atoms with Crippen molar-refractivity contribution in [2.75, 3.05) is 31.9 Å². The molecule has 0 aliphatic heterocycles. The summed E-state index contributed by atoms with van der Waals surface area (Å²) in [6.45, 7) is 7.39. The smallest absolute Gasteiger partial charge is 0.303 e. The molecule has 0 amide bonds. The second-order valence-electron chi connectivity index (χ2n) is 5.67. The van der Waals surface area contributed by atoms with Gasteiger partial charge in [0, 0.05) is 24.4 Å². The molecule has 0 aromatic carbocycles. The Kier molecular flexibility index (Phi) is 5.93. The number of nitrogens with one attached hydrogen (secondary N) is 2. The predicted molar refractivity (Wildman–Crippen MR) is 84.5 cm³/mol. The van der Waals surface area contributed by atoms with Crippen LogP contribution in [0.4, 0.5) is 5.13 Å². The summed E-state index contributed by atoms with van der Waals surface area (Å²) in [5.41, 5.74) is 0.803. The summed E-state index contributed by atoms with van der Waals surface area (Å²) in [5.74, 6) is 0. The van der Waals surface area contributed by atoms with Crippen molar-refractivity contribution in [1.29, 1.82) is 0 Å². The quantitative estimate of drug-likeness (QED) is 0.749. The van der Waals surface area contributed by atoms with E-state index >= 15 is 0 Å². The molecule has 1 rings (SSSR count). The van der Waals surface area contributed by atoms with Gasteiger partial charge in [-0.2, -0.15) is 12.7 Å². The average molecular weight is 320 g/mol. The number of nitrogens with zero attached hydrogens (tertiary/aromatic N) is 2. The molecular weight excluding hydrogens is 296 g/mol. The SMILES string of the molecule is CNCCCN(C)S(=O)(=O)Nc1nc(C(C)(C)C)cs1. The van der Waals surface area contributed by atoms with Crippen LogP contribution in [0, 0.1) is 0 Å². The van der Waals surface area contributed by atoms with E-state index in [9.17, 15) is 8.42 Å². The molecule has 0 saturated heterocycles. The lowest BCUT2D eigenvalue weighted by Gasteiger charge is -2.17. The van der Waals surface area contributed by atoms with Crippen LogP contribution >= 0.6 is 11.3 Å². The molecule has 2 N–H and O–H groups in total. The highest BCUT2D eigenvalue weighted by Crippen LogP contribution is 2.27. The van der Waals surface area contributed by atoms with E-state index in [0.29, 0.717) is 11.7 Å². The first-order chi connectivity index (χ1) is 9.16. The van der Waals surface area contributed by atoms with Crippen molar-refractivity contribution in [3.05, 3.63) is 11.1 Å². The number of aromatic nitrogens is 1. The summed E-state index contributed by atoms with van der Waals surface area (Å²) < 4.78 is 28.1. The molecule has 116 valence electrons. The van der Waals surface area contributed by atoms with Crippen LogP contribution in [0.5, 0.6) is 0 Å². The van der Waals surface area contributed by atoms with Gasteiger partial charge in [0.25, 0.3) is 0 Å². The van der Waals surface area contributed by atoms with Gasteiger partial charge in [0.2, 0.25) is 0 Å². The Morgan fingerprint density at radius 3 is 2.55 bits per heavy atom. The van der Waals surface area contributed by atoms with Gasteiger partial charge in [0.1, 0.15) is 0 Å². The first kappa shape index (κ1) is 17.4. The fourth-order valence-electron chi connectivity index (χ4n) is 1.45. The molecule has 1 aromatic rings. The molecule has 0 saturated carbocycles. The van der Waals surface area contributed by atoms with Gasteiger partial charge in [-0.15, -0.1) is 11.3 Å². The van der Waals surface area contributed by atoms with E-state index in [4.69, 9.17) is 0 Å². The van der Waals surface area contributed by atoms with Crippen LogP contribution in [0.3, 0.4) is 0 Å². The van der Waals surface area contributed by atoms with Crippen LogP contribution in [0.15, 0.2) is 5.38 Å². The number of hydrogen-bond acceptors (Lipinski definition) is 5. The summed E-state index contributed by atoms with van der Waals surface area (Å²) in [6, 6.07) is 0. The first-order valence-corrected chi connectivity index (χ1v) is 8.83. The molecule has 0 spiro atoms. The van der Waals surface area contributed by atoms with Crippen LogP contribution in [0.1, 0.15) is 32.9 Å². The normalized spacial score (nSPS) is 12.9. The van der Waals surface area contributed by atoms with Crippen LogP contribution in [0.2, 0.25) is 0 Å². The predicted octanol–water partition coefficient (Wildman–Crippen LogP) is 1.64. The van der Waals surface area contributed by atoms with Gasteiger partial charge in [0.15, 0.2) is 5.13 Å². The molecule has 0 aliphatic rings. The number of rotatable bonds is 7. The fourth-order valence-corrected chi connectivity index (χ4v) is 3.53. The molecule has 0 fully saturated rings. The zero-order valence-corrected chi connectivity index (χ0v) is 14.4. The second-order valence-corrected chi connectivity index (χ2v) is 8.31. The van der Waals surface area contributed by atoms with Crippen LogP contribution in [0.25, 0.3) is 0 Å². The van der Waals surface area contributed by atoms with Crippen molar-refractivity contribution in [1.82, 2.24) is 14.6 Å². The zero-order valence-electron chi connectivity index (χ0n) is 12.7. The maximum atomic E-state index is 12.1. The molecule has 0 unspecified atom stereocenters. The van der Waals surface area contributed by atoms with E-state index < -0.39 is 10.2 Å². The van der Waals surface area contributed by atoms with Crippen molar-refractivity contribution < 1.29 is 8.42 Å². The summed E-state index contributed by atoms with van der Waals surface area (Å²) >= 11 is 1.31. The molecule has 8 heteroatoms. The van der Waals surface area contributed by atoms with Gasteiger partial charge in [0.05, 0.1) is 5.69 Å². The zero-order chi connectivity index (χ0) is 15.4. The highest BCUT2D eigenvalue weighted by Gasteiger charge is 2.21. The Balaban J connectivity index is 2.68. The topological polar surface area (TPSA) is 74.3 Å². The summed E-state index contributed by atoms with van der Waals surface area (Å²) in [5, 5.41) is 5.29. The van der Waals surface area contributed by atoms with Crippen LogP contribution < -0.4 is 10.0 Å². The Morgan fingerprint density at radius 1 is 1.40 bits per heavy atom. The number of hydrogen-bond donors (Lipinski definition) is 2. The molecule has 0 aliphatic carbocycles. The molecule has 0 radical (unpaired) electrons. The minimum absolute atomic E-state index is 0.0844. The third-order valence-corrected chi connectivity index (χ3v) is 5.14. The van der Waals surface area contributed by atoms with Crippen molar-refractivity contribution in [2.24, 2.45) is 0 Å². The van der Waals surface area contributed by atoms with E-state index in [-0.39, 0.29) is 5.41 Å². The lowest BCUT2D eigenvalue weighted by atomic mass is 9.93. The molecule has 1 heterocycles. The van der Waals surface area contributed by atoms with Gasteiger partial charge in [-0.25, -0.2) is 9.71 Å². The highest BCUT2D eigenvalue weighted by atomic mass is 32.2. The molecule has 6 nitrogen and oxygen atoms in total. The van der Waals surface area contributed by atoms with E-state index in [1.165, 1.54) is 15.6 Å². The van der Waals surface area contributed by atoms with E-state index in [1.807, 2.05) is 33.2 Å². The molecule has 20 heavy (non-hydrogen) atoms. The minimum Gasteiger partial charge on any atom is -0.320 e. The average Bonchev–Trinajstić information content (AvgIpc) is 2.76. The highest BCUT2D eigenvalue weighted by molar-refractivity contribution is 7.90. The third-order valence-electron chi connectivity index (χ3n) is 2.80. The number of anilines is 1. The van der Waals surface area contributed by atoms with E-state index in [0.717, 1.165) is 18.7 Å². The maximum Gasteiger partial charge on any atom is 0.303 e. The third kappa shape index (κ3) is 5.01. The van der Waals surface area contributed by atoms with Gasteiger partial charge >= 0.3 is 10.2 Å². The molecule has 1 aromatic heterocycles. The summed E-state index contributed by atoms with van der Waals surface area (Å²) in [6.07, 6.45) is 0.763. The molecule has 0 atom stereocenters. The monoisotopic (exact) mass is 320 g/mol. The fraction of sp³-hybridized carbons (Fsp3) is 0.750. The standard InChI is InChI=1S/C12H24N4O2S2/c1-12(2,3)10-9-19-11(14-10)15-20(17,18)16(5)8-6-7-13-4/h9,13H,6-8H2,1-5H3,(H,14,15). The van der Waals surface area contributed by atoms with Gasteiger partial charge in [-0.3, -0.25) is 0 Å². The van der Waals surface area contributed by atoms with Gasteiger partial charge in [-0.1, -0.05) is 20.8 Å². The lowest BCUT2D eigenvalue weighted by Crippen LogP contribution is -2.34. The van der Waals surface area contributed by atoms with Gasteiger partial charge < -0.3 is 5.32 Å². The minimum atomic E-state index is -3.52. The largest absolute Gasteiger partial charge is 0.320 e. The Bertz CT molecular complexity index is 520. The van der Waals surface area contributed by atoms with Crippen LogP contribution in [-0.2, 0) is 15.6 Å². The number of thiazole rings is 1.